The van der Waals surface area contributed by atoms with Crippen molar-refractivity contribution in [3.05, 3.63) is 0 Å². The fourth-order valence-electron chi connectivity index (χ4n) is 1.75. The molecule has 3 heteroatoms. The van der Waals surface area contributed by atoms with Gasteiger partial charge in [0.1, 0.15) is 0 Å². The Morgan fingerprint density at radius 2 is 2.23 bits per heavy atom. The molecule has 76 valence electrons. The molecule has 13 heavy (non-hydrogen) atoms. The number of hydrogen-bond acceptors (Lipinski definition) is 3. The molecule has 3 nitrogen and oxygen atoms in total. The summed E-state index contributed by atoms with van der Waals surface area (Å²) in [4.78, 5) is 0. The lowest BCUT2D eigenvalue weighted by atomic mass is 10.1. The number of likely N-dealkylation sites (N-methyl/N-ethyl adjacent to an activating group) is 1. The number of ether oxygens (including phenoxy) is 2. The Morgan fingerprint density at radius 3 is 2.92 bits per heavy atom. The van der Waals surface area contributed by atoms with Crippen LogP contribution in [-0.2, 0) is 9.47 Å². The van der Waals surface area contributed by atoms with Crippen LogP contribution in [0.5, 0.6) is 0 Å². The van der Waals surface area contributed by atoms with Crippen molar-refractivity contribution < 1.29 is 9.47 Å². The summed E-state index contributed by atoms with van der Waals surface area (Å²) in [5, 5.41) is 3.29. The lowest BCUT2D eigenvalue weighted by Crippen LogP contribution is -2.46. The topological polar surface area (TPSA) is 30.5 Å². The van der Waals surface area contributed by atoms with E-state index in [4.69, 9.17) is 9.47 Å². The van der Waals surface area contributed by atoms with Gasteiger partial charge in [0, 0.05) is 19.3 Å². The molecule has 2 atom stereocenters. The van der Waals surface area contributed by atoms with E-state index in [1.165, 1.54) is 12.8 Å². The SMILES string of the molecule is CNC1CCOCC1OCC1CC1. The summed E-state index contributed by atoms with van der Waals surface area (Å²) in [6.07, 6.45) is 4.07. The highest BCUT2D eigenvalue weighted by molar-refractivity contribution is 4.81. The van der Waals surface area contributed by atoms with E-state index in [0.717, 1.165) is 32.2 Å². The minimum Gasteiger partial charge on any atom is -0.379 e. The highest BCUT2D eigenvalue weighted by Gasteiger charge is 2.28. The van der Waals surface area contributed by atoms with Crippen LogP contribution < -0.4 is 5.32 Å². The van der Waals surface area contributed by atoms with Crippen LogP contribution in [-0.4, -0.2) is 39.0 Å². The Labute approximate surface area is 79.8 Å². The van der Waals surface area contributed by atoms with Gasteiger partial charge in [0.15, 0.2) is 0 Å². The molecule has 1 saturated carbocycles. The highest BCUT2D eigenvalue weighted by Crippen LogP contribution is 2.29. The second-order valence-corrected chi connectivity index (χ2v) is 4.07. The third kappa shape index (κ3) is 2.66. The van der Waals surface area contributed by atoms with E-state index in [9.17, 15) is 0 Å². The molecule has 0 radical (unpaired) electrons. The van der Waals surface area contributed by atoms with Crippen LogP contribution in [0.3, 0.4) is 0 Å². The van der Waals surface area contributed by atoms with Gasteiger partial charge in [-0.25, -0.2) is 0 Å². The fourth-order valence-corrected chi connectivity index (χ4v) is 1.75. The Balaban J connectivity index is 1.72. The molecular formula is C10H19NO2. The maximum atomic E-state index is 5.82. The quantitative estimate of drug-likeness (QED) is 0.702. The fraction of sp³-hybridized carbons (Fsp3) is 1.00. The average molecular weight is 185 g/mol. The standard InChI is InChI=1S/C10H19NO2/c1-11-9-4-5-12-7-10(9)13-6-8-2-3-8/h8-11H,2-7H2,1H3. The Kier molecular flexibility index (Phi) is 3.19. The molecule has 2 aliphatic rings. The largest absolute Gasteiger partial charge is 0.379 e. The lowest BCUT2D eigenvalue weighted by Gasteiger charge is -2.31. The van der Waals surface area contributed by atoms with Crippen LogP contribution in [0.2, 0.25) is 0 Å². The molecule has 1 N–H and O–H groups in total. The van der Waals surface area contributed by atoms with Crippen molar-refractivity contribution in [2.45, 2.75) is 31.4 Å². The maximum Gasteiger partial charge on any atom is 0.0961 e. The van der Waals surface area contributed by atoms with Crippen LogP contribution in [0.25, 0.3) is 0 Å². The molecule has 1 aliphatic carbocycles. The van der Waals surface area contributed by atoms with Crippen molar-refractivity contribution >= 4 is 0 Å². The summed E-state index contributed by atoms with van der Waals surface area (Å²) in [5.41, 5.74) is 0. The molecule has 0 aromatic rings. The van der Waals surface area contributed by atoms with E-state index >= 15 is 0 Å². The summed E-state index contributed by atoms with van der Waals surface area (Å²) in [6, 6.07) is 0.493. The second-order valence-electron chi connectivity index (χ2n) is 4.07. The normalized spacial score (nSPS) is 34.8. The number of nitrogens with one attached hydrogen (secondary N) is 1. The maximum absolute atomic E-state index is 5.82. The minimum atomic E-state index is 0.277. The molecule has 2 unspecified atom stereocenters. The van der Waals surface area contributed by atoms with Gasteiger partial charge in [-0.15, -0.1) is 0 Å². The summed E-state index contributed by atoms with van der Waals surface area (Å²) in [7, 11) is 2.00. The van der Waals surface area contributed by atoms with E-state index in [-0.39, 0.29) is 6.10 Å². The van der Waals surface area contributed by atoms with Gasteiger partial charge in [0.25, 0.3) is 0 Å². The molecule has 1 heterocycles. The Bertz CT molecular complexity index is 159. The minimum absolute atomic E-state index is 0.277. The molecule has 0 amide bonds. The first-order chi connectivity index (χ1) is 6.40. The monoisotopic (exact) mass is 185 g/mol. The van der Waals surface area contributed by atoms with E-state index in [0.29, 0.717) is 6.04 Å². The van der Waals surface area contributed by atoms with Gasteiger partial charge in [0.2, 0.25) is 0 Å². The average Bonchev–Trinajstić information content (AvgIpc) is 2.99. The van der Waals surface area contributed by atoms with Crippen molar-refractivity contribution in [2.75, 3.05) is 26.9 Å². The van der Waals surface area contributed by atoms with Crippen molar-refractivity contribution in [1.29, 1.82) is 0 Å². The molecular weight excluding hydrogens is 166 g/mol. The molecule has 0 bridgehead atoms. The predicted molar refractivity (Wildman–Crippen MR) is 50.7 cm³/mol. The van der Waals surface area contributed by atoms with Crippen LogP contribution in [0.15, 0.2) is 0 Å². The molecule has 0 spiro atoms. The van der Waals surface area contributed by atoms with E-state index in [1.807, 2.05) is 7.05 Å². The predicted octanol–water partition coefficient (Wildman–Crippen LogP) is 0.790. The third-order valence-electron chi connectivity index (χ3n) is 2.92. The van der Waals surface area contributed by atoms with Crippen molar-refractivity contribution in [3.8, 4) is 0 Å². The van der Waals surface area contributed by atoms with Crippen LogP contribution >= 0.6 is 0 Å². The Morgan fingerprint density at radius 1 is 1.38 bits per heavy atom. The summed E-state index contributed by atoms with van der Waals surface area (Å²) >= 11 is 0. The van der Waals surface area contributed by atoms with Gasteiger partial charge in [-0.2, -0.15) is 0 Å². The van der Waals surface area contributed by atoms with Gasteiger partial charge < -0.3 is 14.8 Å². The Hall–Kier alpha value is -0.120. The highest BCUT2D eigenvalue weighted by atomic mass is 16.5. The van der Waals surface area contributed by atoms with E-state index < -0.39 is 0 Å². The first kappa shape index (κ1) is 9.44. The molecule has 1 saturated heterocycles. The van der Waals surface area contributed by atoms with Gasteiger partial charge in [0.05, 0.1) is 12.7 Å². The van der Waals surface area contributed by atoms with E-state index in [1.54, 1.807) is 0 Å². The number of hydrogen-bond donors (Lipinski definition) is 1. The first-order valence-corrected chi connectivity index (χ1v) is 5.26. The lowest BCUT2D eigenvalue weighted by molar-refractivity contribution is -0.0702. The number of rotatable bonds is 4. The van der Waals surface area contributed by atoms with Gasteiger partial charge >= 0.3 is 0 Å². The summed E-state index contributed by atoms with van der Waals surface area (Å²) in [6.45, 7) is 2.57. The molecule has 1 aliphatic heterocycles. The van der Waals surface area contributed by atoms with Crippen LogP contribution in [0.4, 0.5) is 0 Å². The zero-order valence-corrected chi connectivity index (χ0v) is 8.29. The summed E-state index contributed by atoms with van der Waals surface area (Å²) < 4.78 is 11.2. The second kappa shape index (κ2) is 4.40. The van der Waals surface area contributed by atoms with Crippen molar-refractivity contribution in [1.82, 2.24) is 5.32 Å². The van der Waals surface area contributed by atoms with Gasteiger partial charge in [-0.3, -0.25) is 0 Å². The van der Waals surface area contributed by atoms with Crippen LogP contribution in [0.1, 0.15) is 19.3 Å². The molecule has 0 aromatic heterocycles. The molecule has 2 fully saturated rings. The van der Waals surface area contributed by atoms with Crippen LogP contribution in [0, 0.1) is 5.92 Å². The summed E-state index contributed by atoms with van der Waals surface area (Å²) in [5.74, 6) is 0.847. The van der Waals surface area contributed by atoms with Gasteiger partial charge in [-0.05, 0) is 32.2 Å². The van der Waals surface area contributed by atoms with Crippen molar-refractivity contribution in [3.63, 3.8) is 0 Å². The van der Waals surface area contributed by atoms with Gasteiger partial charge in [-0.1, -0.05) is 0 Å². The first-order valence-electron chi connectivity index (χ1n) is 5.26. The van der Waals surface area contributed by atoms with Crippen molar-refractivity contribution in [2.24, 2.45) is 5.92 Å². The van der Waals surface area contributed by atoms with E-state index in [2.05, 4.69) is 5.32 Å². The molecule has 2 rings (SSSR count). The molecule has 0 aromatic carbocycles. The zero-order valence-electron chi connectivity index (χ0n) is 8.29. The zero-order chi connectivity index (χ0) is 9.10. The smallest absolute Gasteiger partial charge is 0.0961 e. The third-order valence-corrected chi connectivity index (χ3v) is 2.92.